The summed E-state index contributed by atoms with van der Waals surface area (Å²) in [7, 11) is 0. The molecule has 2 amide bonds. The molecular formula is C21H22ClN5O3S. The molecule has 0 bridgehead atoms. The van der Waals surface area contributed by atoms with Gasteiger partial charge in [-0.2, -0.15) is 0 Å². The molecule has 8 nitrogen and oxygen atoms in total. The number of nitrogens with one attached hydrogen (secondary N) is 1. The third-order valence-corrected chi connectivity index (χ3v) is 6.82. The SMILES string of the molecule is O=C(NC[C@H]1CN(c2ccc(C3=NCCN4CCCN34)cc2)C(=O)O1)c1ccc(Cl)s1. The van der Waals surface area contributed by atoms with E-state index in [1.54, 1.807) is 17.0 Å². The molecule has 0 saturated carbocycles. The van der Waals surface area contributed by atoms with Crippen LogP contribution >= 0.6 is 22.9 Å². The van der Waals surface area contributed by atoms with Crippen LogP contribution in [-0.4, -0.2) is 73.2 Å². The fraction of sp³-hybridized carbons (Fsp3) is 0.381. The number of carbonyl (C=O) groups excluding carboxylic acids is 2. The molecule has 31 heavy (non-hydrogen) atoms. The highest BCUT2D eigenvalue weighted by Gasteiger charge is 2.33. The molecule has 0 aliphatic carbocycles. The average Bonchev–Trinajstić information content (AvgIpc) is 3.51. The van der Waals surface area contributed by atoms with Crippen molar-refractivity contribution in [1.29, 1.82) is 0 Å². The first-order valence-electron chi connectivity index (χ1n) is 10.3. The number of carbonyl (C=O) groups is 2. The highest BCUT2D eigenvalue weighted by atomic mass is 35.5. The van der Waals surface area contributed by atoms with Gasteiger partial charge in [0, 0.05) is 30.9 Å². The van der Waals surface area contributed by atoms with Gasteiger partial charge >= 0.3 is 6.09 Å². The van der Waals surface area contributed by atoms with E-state index in [-0.39, 0.29) is 12.5 Å². The van der Waals surface area contributed by atoms with E-state index < -0.39 is 12.2 Å². The molecule has 0 spiro atoms. The normalized spacial score (nSPS) is 21.1. The van der Waals surface area contributed by atoms with Crippen LogP contribution in [0.4, 0.5) is 10.5 Å². The molecule has 3 aliphatic rings. The molecule has 1 N–H and O–H groups in total. The summed E-state index contributed by atoms with van der Waals surface area (Å²) in [5.41, 5.74) is 1.81. The fourth-order valence-corrected chi connectivity index (χ4v) is 5.05. The minimum atomic E-state index is -0.410. The molecule has 2 aromatic rings. The molecule has 5 rings (SSSR count). The van der Waals surface area contributed by atoms with E-state index >= 15 is 0 Å². The number of amides is 2. The van der Waals surface area contributed by atoms with Gasteiger partial charge in [0.15, 0.2) is 0 Å². The number of anilines is 1. The maximum absolute atomic E-state index is 12.4. The van der Waals surface area contributed by atoms with E-state index in [1.165, 1.54) is 11.3 Å². The third kappa shape index (κ3) is 4.13. The zero-order chi connectivity index (χ0) is 21.4. The van der Waals surface area contributed by atoms with Crippen LogP contribution in [0.1, 0.15) is 21.7 Å². The van der Waals surface area contributed by atoms with E-state index in [9.17, 15) is 9.59 Å². The number of rotatable bonds is 5. The van der Waals surface area contributed by atoms with E-state index in [4.69, 9.17) is 21.3 Å². The second-order valence-corrected chi connectivity index (χ2v) is 9.33. The number of cyclic esters (lactones) is 1. The Morgan fingerprint density at radius 3 is 2.81 bits per heavy atom. The molecule has 2 saturated heterocycles. The number of thiophene rings is 1. The van der Waals surface area contributed by atoms with Crippen molar-refractivity contribution in [3.05, 3.63) is 51.2 Å². The first-order chi connectivity index (χ1) is 15.1. The van der Waals surface area contributed by atoms with Gasteiger partial charge in [0.1, 0.15) is 11.9 Å². The van der Waals surface area contributed by atoms with E-state index in [2.05, 4.69) is 15.3 Å². The monoisotopic (exact) mass is 459 g/mol. The molecule has 10 heteroatoms. The summed E-state index contributed by atoms with van der Waals surface area (Å²) in [5.74, 6) is 0.772. The van der Waals surface area contributed by atoms with Gasteiger partial charge in [-0.15, -0.1) is 11.3 Å². The number of nitrogens with zero attached hydrogens (tertiary/aromatic N) is 4. The molecule has 0 radical (unpaired) electrons. The van der Waals surface area contributed by atoms with Crippen molar-refractivity contribution in [1.82, 2.24) is 15.3 Å². The second kappa shape index (κ2) is 8.49. The van der Waals surface area contributed by atoms with Crippen LogP contribution in [0.5, 0.6) is 0 Å². The third-order valence-electron chi connectivity index (χ3n) is 5.59. The number of hydrogen-bond donors (Lipinski definition) is 1. The summed E-state index contributed by atoms with van der Waals surface area (Å²) >= 11 is 7.09. The maximum atomic E-state index is 12.4. The van der Waals surface area contributed by atoms with Crippen LogP contribution in [0.15, 0.2) is 41.4 Å². The van der Waals surface area contributed by atoms with Gasteiger partial charge in [-0.3, -0.25) is 19.7 Å². The van der Waals surface area contributed by atoms with Gasteiger partial charge in [-0.25, -0.2) is 9.80 Å². The summed E-state index contributed by atoms with van der Waals surface area (Å²) in [6.45, 7) is 4.47. The van der Waals surface area contributed by atoms with Gasteiger partial charge in [0.05, 0.1) is 28.8 Å². The molecule has 4 heterocycles. The average molecular weight is 460 g/mol. The lowest BCUT2D eigenvalue weighted by atomic mass is 10.1. The summed E-state index contributed by atoms with van der Waals surface area (Å²) in [4.78, 5) is 31.4. The highest BCUT2D eigenvalue weighted by Crippen LogP contribution is 2.25. The molecule has 2 fully saturated rings. The Morgan fingerprint density at radius 1 is 1.19 bits per heavy atom. The standard InChI is InChI=1S/C21H22ClN5O3S/c22-18-7-6-17(31-18)20(28)24-12-16-13-26(21(29)30-16)15-4-2-14(3-5-15)19-23-8-11-25-9-1-10-27(19)25/h2-7,16H,1,8-13H2,(H,24,28)/t16-/m0/s1. The lowest BCUT2D eigenvalue weighted by molar-refractivity contribution is 0.0920. The summed E-state index contributed by atoms with van der Waals surface area (Å²) in [6.07, 6.45) is 0.327. The fourth-order valence-electron chi connectivity index (χ4n) is 4.09. The van der Waals surface area contributed by atoms with Gasteiger partial charge in [0.25, 0.3) is 5.91 Å². The number of amidine groups is 1. The number of hydrazine groups is 1. The minimum Gasteiger partial charge on any atom is -0.442 e. The van der Waals surface area contributed by atoms with Crippen LogP contribution in [0.25, 0.3) is 0 Å². The number of fused-ring (bicyclic) bond motifs is 1. The molecule has 3 aliphatic heterocycles. The predicted octanol–water partition coefficient (Wildman–Crippen LogP) is 2.84. The van der Waals surface area contributed by atoms with Gasteiger partial charge in [0.2, 0.25) is 0 Å². The first-order valence-corrected chi connectivity index (χ1v) is 11.5. The van der Waals surface area contributed by atoms with Crippen molar-refractivity contribution in [2.45, 2.75) is 12.5 Å². The molecule has 0 unspecified atom stereocenters. The Hall–Kier alpha value is -2.62. The zero-order valence-electron chi connectivity index (χ0n) is 16.8. The Morgan fingerprint density at radius 2 is 2.03 bits per heavy atom. The molecular weight excluding hydrogens is 438 g/mol. The maximum Gasteiger partial charge on any atom is 0.414 e. The lowest BCUT2D eigenvalue weighted by Gasteiger charge is -2.34. The lowest BCUT2D eigenvalue weighted by Crippen LogP contribution is -2.46. The number of hydrogen-bond acceptors (Lipinski definition) is 7. The van der Waals surface area contributed by atoms with Crippen LogP contribution in [0, 0.1) is 0 Å². The largest absolute Gasteiger partial charge is 0.442 e. The number of benzene rings is 1. The summed E-state index contributed by atoms with van der Waals surface area (Å²) in [5, 5.41) is 7.40. The van der Waals surface area contributed by atoms with Crippen LogP contribution < -0.4 is 10.2 Å². The van der Waals surface area contributed by atoms with Crippen molar-refractivity contribution in [3.8, 4) is 0 Å². The second-order valence-electron chi connectivity index (χ2n) is 7.61. The molecule has 162 valence electrons. The van der Waals surface area contributed by atoms with Crippen molar-refractivity contribution < 1.29 is 14.3 Å². The Balaban J connectivity index is 1.21. The Labute approximate surface area is 189 Å². The molecule has 1 aromatic carbocycles. The Bertz CT molecular complexity index is 1020. The number of ether oxygens (including phenoxy) is 1. The van der Waals surface area contributed by atoms with Gasteiger partial charge in [-0.1, -0.05) is 11.6 Å². The predicted molar refractivity (Wildman–Crippen MR) is 120 cm³/mol. The van der Waals surface area contributed by atoms with Gasteiger partial charge < -0.3 is 10.1 Å². The van der Waals surface area contributed by atoms with Crippen LogP contribution in [0.2, 0.25) is 4.34 Å². The summed E-state index contributed by atoms with van der Waals surface area (Å²) < 4.78 is 5.99. The topological polar surface area (TPSA) is 77.5 Å². The van der Waals surface area contributed by atoms with Crippen molar-refractivity contribution in [2.75, 3.05) is 44.2 Å². The Kier molecular flexibility index (Phi) is 5.56. The van der Waals surface area contributed by atoms with Gasteiger partial charge in [-0.05, 0) is 42.8 Å². The van der Waals surface area contributed by atoms with Crippen LogP contribution in [0.3, 0.4) is 0 Å². The van der Waals surface area contributed by atoms with Crippen molar-refractivity contribution >= 4 is 46.5 Å². The smallest absolute Gasteiger partial charge is 0.414 e. The minimum absolute atomic E-state index is 0.222. The zero-order valence-corrected chi connectivity index (χ0v) is 18.4. The number of aliphatic imine (C=N–C) groups is 1. The first kappa shape index (κ1) is 20.3. The van der Waals surface area contributed by atoms with Crippen molar-refractivity contribution in [3.63, 3.8) is 0 Å². The summed E-state index contributed by atoms with van der Waals surface area (Å²) in [6, 6.07) is 11.2. The number of halogens is 1. The molecule has 1 aromatic heterocycles. The van der Waals surface area contributed by atoms with E-state index in [0.29, 0.717) is 15.8 Å². The van der Waals surface area contributed by atoms with Crippen LogP contribution in [-0.2, 0) is 4.74 Å². The van der Waals surface area contributed by atoms with E-state index in [1.807, 2.05) is 24.3 Å². The molecule has 1 atom stereocenters. The van der Waals surface area contributed by atoms with E-state index in [0.717, 1.165) is 49.7 Å². The highest BCUT2D eigenvalue weighted by molar-refractivity contribution is 7.18. The quantitative estimate of drug-likeness (QED) is 0.744. The van der Waals surface area contributed by atoms with Crippen molar-refractivity contribution in [2.24, 2.45) is 4.99 Å².